The van der Waals surface area contributed by atoms with E-state index in [2.05, 4.69) is 10.6 Å². The molecular formula is C18H20N2O6. The summed E-state index contributed by atoms with van der Waals surface area (Å²) in [5, 5.41) is 5.51. The Kier molecular flexibility index (Phi) is 5.85. The van der Waals surface area contributed by atoms with Crippen LogP contribution in [0.1, 0.15) is 12.8 Å². The number of hydrogen-bond acceptors (Lipinski definition) is 7. The third kappa shape index (κ3) is 4.60. The number of esters is 1. The number of carbonyl (C=O) groups is 3. The number of benzene rings is 1. The lowest BCUT2D eigenvalue weighted by atomic mass is 10.2. The number of hydrogen-bond donors (Lipinski definition) is 2. The zero-order valence-corrected chi connectivity index (χ0v) is 14.2. The van der Waals surface area contributed by atoms with E-state index in [1.54, 1.807) is 24.3 Å². The lowest BCUT2D eigenvalue weighted by molar-refractivity contribution is -0.145. The first-order valence-corrected chi connectivity index (χ1v) is 8.41. The summed E-state index contributed by atoms with van der Waals surface area (Å²) in [6.07, 6.45) is 1.87. The first-order valence-electron chi connectivity index (χ1n) is 8.41. The molecule has 8 nitrogen and oxygen atoms in total. The minimum Gasteiger partial charge on any atom is -0.470 e. The summed E-state index contributed by atoms with van der Waals surface area (Å²) in [4.78, 5) is 35.9. The maximum absolute atomic E-state index is 12.2. The van der Waals surface area contributed by atoms with Crippen molar-refractivity contribution in [2.75, 3.05) is 31.7 Å². The summed E-state index contributed by atoms with van der Waals surface area (Å²) >= 11 is 0. The van der Waals surface area contributed by atoms with Crippen LogP contribution in [0.3, 0.4) is 0 Å². The minimum absolute atomic E-state index is 0.00356. The molecule has 138 valence electrons. The van der Waals surface area contributed by atoms with Crippen LogP contribution in [-0.4, -0.2) is 50.1 Å². The third-order valence-corrected chi connectivity index (χ3v) is 3.97. The van der Waals surface area contributed by atoms with Gasteiger partial charge in [-0.2, -0.15) is 0 Å². The Labute approximate surface area is 150 Å². The fourth-order valence-electron chi connectivity index (χ4n) is 2.65. The highest BCUT2D eigenvalue weighted by molar-refractivity contribution is 6.20. The van der Waals surface area contributed by atoms with Crippen LogP contribution in [-0.2, 0) is 28.6 Å². The number of anilines is 1. The minimum atomic E-state index is -0.891. The maximum atomic E-state index is 12.2. The van der Waals surface area contributed by atoms with E-state index in [1.165, 1.54) is 0 Å². The van der Waals surface area contributed by atoms with Crippen LogP contribution >= 0.6 is 0 Å². The number of ether oxygens (including phenoxy) is 3. The van der Waals surface area contributed by atoms with Gasteiger partial charge in [-0.3, -0.25) is 9.59 Å². The zero-order valence-electron chi connectivity index (χ0n) is 14.2. The highest BCUT2D eigenvalue weighted by Gasteiger charge is 2.32. The monoisotopic (exact) mass is 360 g/mol. The normalized spacial score (nSPS) is 19.2. The molecule has 0 aromatic heterocycles. The molecule has 8 heteroatoms. The molecule has 0 bridgehead atoms. The van der Waals surface area contributed by atoms with Crippen LogP contribution in [0.5, 0.6) is 0 Å². The van der Waals surface area contributed by atoms with Crippen LogP contribution in [0.25, 0.3) is 0 Å². The summed E-state index contributed by atoms with van der Waals surface area (Å²) < 4.78 is 15.6. The van der Waals surface area contributed by atoms with Crippen molar-refractivity contribution in [3.63, 3.8) is 0 Å². The SMILES string of the molecule is O=C(COC(=O)C1=C(Nc2ccccc2)OCC1=O)NC[C@H]1CCCO1. The molecule has 1 atom stereocenters. The van der Waals surface area contributed by atoms with Crippen molar-refractivity contribution in [1.82, 2.24) is 5.32 Å². The Morgan fingerprint density at radius 3 is 2.77 bits per heavy atom. The van der Waals surface area contributed by atoms with Gasteiger partial charge in [-0.1, -0.05) is 18.2 Å². The third-order valence-electron chi connectivity index (χ3n) is 3.97. The zero-order chi connectivity index (χ0) is 18.4. The molecule has 2 aliphatic heterocycles. The maximum Gasteiger partial charge on any atom is 0.347 e. The van der Waals surface area contributed by atoms with Crippen molar-refractivity contribution < 1.29 is 28.6 Å². The van der Waals surface area contributed by atoms with E-state index in [1.807, 2.05) is 6.07 Å². The van der Waals surface area contributed by atoms with Gasteiger partial charge >= 0.3 is 5.97 Å². The number of ketones is 1. The molecule has 1 aromatic carbocycles. The molecule has 0 spiro atoms. The van der Waals surface area contributed by atoms with E-state index >= 15 is 0 Å². The predicted octanol–water partition coefficient (Wildman–Crippen LogP) is 0.748. The summed E-state index contributed by atoms with van der Waals surface area (Å²) in [5.41, 5.74) is 0.442. The van der Waals surface area contributed by atoms with Crippen LogP contribution < -0.4 is 10.6 Å². The first-order chi connectivity index (χ1) is 12.6. The molecule has 26 heavy (non-hydrogen) atoms. The molecule has 3 rings (SSSR count). The molecule has 0 aliphatic carbocycles. The Balaban J connectivity index is 1.53. The fourth-order valence-corrected chi connectivity index (χ4v) is 2.65. The Morgan fingerprint density at radius 1 is 1.23 bits per heavy atom. The highest BCUT2D eigenvalue weighted by atomic mass is 16.5. The first kappa shape index (κ1) is 17.9. The standard InChI is InChI=1S/C18H20N2O6/c21-14-10-25-17(20-12-5-2-1-3-6-12)16(14)18(23)26-11-15(22)19-9-13-7-4-8-24-13/h1-3,5-6,13,20H,4,7-11H2,(H,19,22)/t13-/m1/s1. The molecule has 1 saturated heterocycles. The van der Waals surface area contributed by atoms with E-state index in [-0.39, 0.29) is 24.2 Å². The number of rotatable bonds is 7. The van der Waals surface area contributed by atoms with Crippen molar-refractivity contribution in [3.8, 4) is 0 Å². The number of carbonyl (C=O) groups excluding carboxylic acids is 3. The van der Waals surface area contributed by atoms with Gasteiger partial charge in [-0.25, -0.2) is 4.79 Å². The molecule has 2 aliphatic rings. The van der Waals surface area contributed by atoms with Gasteiger partial charge in [0, 0.05) is 18.8 Å². The Bertz CT molecular complexity index is 710. The van der Waals surface area contributed by atoms with Crippen molar-refractivity contribution in [3.05, 3.63) is 41.8 Å². The molecule has 1 aromatic rings. The van der Waals surface area contributed by atoms with E-state index < -0.39 is 24.3 Å². The van der Waals surface area contributed by atoms with Crippen molar-refractivity contribution in [2.24, 2.45) is 0 Å². The lowest BCUT2D eigenvalue weighted by Crippen LogP contribution is -2.35. The van der Waals surface area contributed by atoms with Gasteiger partial charge in [-0.15, -0.1) is 0 Å². The van der Waals surface area contributed by atoms with E-state index in [4.69, 9.17) is 14.2 Å². The number of para-hydroxylation sites is 1. The quantitative estimate of drug-likeness (QED) is 0.546. The molecule has 2 N–H and O–H groups in total. The molecule has 1 fully saturated rings. The van der Waals surface area contributed by atoms with E-state index in [0.717, 1.165) is 12.8 Å². The van der Waals surface area contributed by atoms with Gasteiger partial charge in [0.15, 0.2) is 18.8 Å². The summed E-state index contributed by atoms with van der Waals surface area (Å²) in [6.45, 7) is 0.358. The Morgan fingerprint density at radius 2 is 2.04 bits per heavy atom. The molecule has 0 unspecified atom stereocenters. The molecule has 0 saturated carbocycles. The average Bonchev–Trinajstić information content (AvgIpc) is 3.29. The van der Waals surface area contributed by atoms with Crippen LogP contribution in [0, 0.1) is 0 Å². The molecule has 1 amide bonds. The largest absolute Gasteiger partial charge is 0.470 e. The average molecular weight is 360 g/mol. The topological polar surface area (TPSA) is 103 Å². The van der Waals surface area contributed by atoms with Gasteiger partial charge in [0.25, 0.3) is 5.91 Å². The van der Waals surface area contributed by atoms with Crippen molar-refractivity contribution >= 4 is 23.3 Å². The molecule has 0 radical (unpaired) electrons. The second-order valence-electron chi connectivity index (χ2n) is 5.92. The Hall–Kier alpha value is -2.87. The number of Topliss-reactive ketones (excluding diaryl/α,β-unsaturated/α-hetero) is 1. The van der Waals surface area contributed by atoms with Gasteiger partial charge < -0.3 is 24.8 Å². The van der Waals surface area contributed by atoms with Crippen molar-refractivity contribution in [1.29, 1.82) is 0 Å². The molecular weight excluding hydrogens is 340 g/mol. The fraction of sp³-hybridized carbons (Fsp3) is 0.389. The van der Waals surface area contributed by atoms with Gasteiger partial charge in [0.05, 0.1) is 6.10 Å². The summed E-state index contributed by atoms with van der Waals surface area (Å²) in [5.74, 6) is -1.80. The van der Waals surface area contributed by atoms with Gasteiger partial charge in [0.2, 0.25) is 11.7 Å². The van der Waals surface area contributed by atoms with Crippen LogP contribution in [0.4, 0.5) is 5.69 Å². The lowest BCUT2D eigenvalue weighted by Gasteiger charge is -2.11. The number of nitrogens with one attached hydrogen (secondary N) is 2. The van der Waals surface area contributed by atoms with Crippen LogP contribution in [0.15, 0.2) is 41.8 Å². The second kappa shape index (κ2) is 8.48. The highest BCUT2D eigenvalue weighted by Crippen LogP contribution is 2.20. The summed E-state index contributed by atoms with van der Waals surface area (Å²) in [7, 11) is 0. The number of amides is 1. The van der Waals surface area contributed by atoms with Gasteiger partial charge in [-0.05, 0) is 25.0 Å². The predicted molar refractivity (Wildman–Crippen MR) is 91.0 cm³/mol. The second-order valence-corrected chi connectivity index (χ2v) is 5.92. The summed E-state index contributed by atoms with van der Waals surface area (Å²) in [6, 6.07) is 8.97. The van der Waals surface area contributed by atoms with E-state index in [0.29, 0.717) is 18.8 Å². The van der Waals surface area contributed by atoms with E-state index in [9.17, 15) is 14.4 Å². The van der Waals surface area contributed by atoms with Gasteiger partial charge in [0.1, 0.15) is 0 Å². The van der Waals surface area contributed by atoms with Crippen LogP contribution in [0.2, 0.25) is 0 Å². The van der Waals surface area contributed by atoms with Crippen molar-refractivity contribution in [2.45, 2.75) is 18.9 Å². The molecule has 2 heterocycles. The smallest absolute Gasteiger partial charge is 0.347 e.